The zero-order valence-corrected chi connectivity index (χ0v) is 13.5. The molecule has 1 heterocycles. The Kier molecular flexibility index (Phi) is 5.81. The van der Waals surface area contributed by atoms with Crippen molar-refractivity contribution in [1.29, 1.82) is 0 Å². The molecule has 2 rings (SSSR count). The highest BCUT2D eigenvalue weighted by molar-refractivity contribution is 7.11. The summed E-state index contributed by atoms with van der Waals surface area (Å²) in [7, 11) is 0. The number of benzene rings is 1. The van der Waals surface area contributed by atoms with Crippen LogP contribution in [0.1, 0.15) is 28.7 Å². The Morgan fingerprint density at radius 2 is 1.95 bits per heavy atom. The van der Waals surface area contributed by atoms with Crippen LogP contribution in [0.4, 0.5) is 4.79 Å². The second kappa shape index (κ2) is 7.84. The predicted octanol–water partition coefficient (Wildman–Crippen LogP) is 4.18. The van der Waals surface area contributed by atoms with Crippen molar-refractivity contribution in [1.82, 2.24) is 10.2 Å². The van der Waals surface area contributed by atoms with Gasteiger partial charge in [0.2, 0.25) is 0 Å². The maximum Gasteiger partial charge on any atom is 0.317 e. The maximum atomic E-state index is 12.3. The molecule has 0 saturated heterocycles. The third-order valence-corrected chi connectivity index (χ3v) is 4.21. The molecule has 1 N–H and O–H groups in total. The number of hydrogen-bond donors (Lipinski definition) is 1. The minimum Gasteiger partial charge on any atom is -0.333 e. The lowest BCUT2D eigenvalue weighted by Crippen LogP contribution is -2.39. The number of thiophene rings is 1. The topological polar surface area (TPSA) is 32.3 Å². The Bertz CT molecular complexity index is 565. The number of nitrogens with one attached hydrogen (secondary N) is 1. The van der Waals surface area contributed by atoms with Gasteiger partial charge in [-0.15, -0.1) is 11.3 Å². The van der Waals surface area contributed by atoms with E-state index < -0.39 is 0 Å². The van der Waals surface area contributed by atoms with Crippen LogP contribution in [0.15, 0.2) is 42.5 Å². The molecule has 0 unspecified atom stereocenters. The zero-order valence-electron chi connectivity index (χ0n) is 12.6. The second-order valence-corrected chi connectivity index (χ2v) is 6.45. The second-order valence-electron chi connectivity index (χ2n) is 5.08. The van der Waals surface area contributed by atoms with Gasteiger partial charge in [-0.1, -0.05) is 37.3 Å². The van der Waals surface area contributed by atoms with Crippen molar-refractivity contribution < 1.29 is 4.79 Å². The van der Waals surface area contributed by atoms with Crippen molar-refractivity contribution in [3.05, 3.63) is 57.8 Å². The van der Waals surface area contributed by atoms with Gasteiger partial charge in [-0.25, -0.2) is 4.79 Å². The zero-order chi connectivity index (χ0) is 15.1. The highest BCUT2D eigenvalue weighted by atomic mass is 32.1. The summed E-state index contributed by atoms with van der Waals surface area (Å²) in [5.74, 6) is 0. The van der Waals surface area contributed by atoms with Gasteiger partial charge in [-0.05, 0) is 31.0 Å². The molecule has 21 heavy (non-hydrogen) atoms. The van der Waals surface area contributed by atoms with E-state index in [2.05, 4.69) is 43.4 Å². The number of urea groups is 1. The number of rotatable bonds is 6. The van der Waals surface area contributed by atoms with Crippen molar-refractivity contribution >= 4 is 17.4 Å². The number of hydrogen-bond acceptors (Lipinski definition) is 2. The lowest BCUT2D eigenvalue weighted by molar-refractivity contribution is 0.195. The molecule has 4 heteroatoms. The molecule has 0 aliphatic carbocycles. The van der Waals surface area contributed by atoms with Crippen LogP contribution >= 0.6 is 11.3 Å². The van der Waals surface area contributed by atoms with Gasteiger partial charge < -0.3 is 10.2 Å². The molecule has 0 fully saturated rings. The number of amides is 2. The van der Waals surface area contributed by atoms with Crippen LogP contribution < -0.4 is 5.32 Å². The lowest BCUT2D eigenvalue weighted by Gasteiger charge is -2.22. The summed E-state index contributed by atoms with van der Waals surface area (Å²) in [6.07, 6.45) is 0.957. The van der Waals surface area contributed by atoms with Gasteiger partial charge in [-0.3, -0.25) is 0 Å². The van der Waals surface area contributed by atoms with Crippen molar-refractivity contribution in [3.8, 4) is 0 Å². The van der Waals surface area contributed by atoms with Gasteiger partial charge in [0, 0.05) is 22.8 Å². The average molecular weight is 302 g/mol. The van der Waals surface area contributed by atoms with Crippen molar-refractivity contribution in [2.75, 3.05) is 6.54 Å². The third-order valence-electron chi connectivity index (χ3n) is 3.21. The van der Waals surface area contributed by atoms with Crippen LogP contribution in [0.25, 0.3) is 0 Å². The Labute approximate surface area is 130 Å². The van der Waals surface area contributed by atoms with E-state index in [9.17, 15) is 4.79 Å². The molecule has 0 spiro atoms. The summed E-state index contributed by atoms with van der Waals surface area (Å²) in [4.78, 5) is 16.7. The van der Waals surface area contributed by atoms with Crippen LogP contribution in [0.5, 0.6) is 0 Å². The van der Waals surface area contributed by atoms with E-state index >= 15 is 0 Å². The summed E-state index contributed by atoms with van der Waals surface area (Å²) in [5.41, 5.74) is 1.16. The highest BCUT2D eigenvalue weighted by Crippen LogP contribution is 2.14. The molecule has 2 aromatic rings. The molecule has 0 aliphatic heterocycles. The SMILES string of the molecule is CCCN(Cc1ccccc1)C(=O)NCc1ccc(C)s1. The molecule has 0 saturated carbocycles. The van der Waals surface area contributed by atoms with Gasteiger partial charge in [0.25, 0.3) is 0 Å². The number of carbonyl (C=O) groups is 1. The fourth-order valence-electron chi connectivity index (χ4n) is 2.18. The minimum atomic E-state index is 0.00626. The number of carbonyl (C=O) groups excluding carboxylic acids is 1. The van der Waals surface area contributed by atoms with Gasteiger partial charge in [0.05, 0.1) is 6.54 Å². The van der Waals surface area contributed by atoms with Crippen LogP contribution in [-0.2, 0) is 13.1 Å². The van der Waals surface area contributed by atoms with Crippen LogP contribution in [0, 0.1) is 6.92 Å². The van der Waals surface area contributed by atoms with E-state index in [4.69, 9.17) is 0 Å². The fourth-order valence-corrected chi connectivity index (χ4v) is 3.01. The molecule has 1 aromatic carbocycles. The number of aryl methyl sites for hydroxylation is 1. The molecule has 0 radical (unpaired) electrons. The first-order chi connectivity index (χ1) is 10.2. The van der Waals surface area contributed by atoms with Gasteiger partial charge >= 0.3 is 6.03 Å². The smallest absolute Gasteiger partial charge is 0.317 e. The Hall–Kier alpha value is -1.81. The van der Waals surface area contributed by atoms with E-state index in [1.165, 1.54) is 9.75 Å². The molecule has 0 bridgehead atoms. The average Bonchev–Trinajstić information content (AvgIpc) is 2.91. The molecule has 0 atom stereocenters. The van der Waals surface area contributed by atoms with Crippen molar-refractivity contribution in [2.24, 2.45) is 0 Å². The normalized spacial score (nSPS) is 10.4. The number of nitrogens with zero attached hydrogens (tertiary/aromatic N) is 1. The highest BCUT2D eigenvalue weighted by Gasteiger charge is 2.12. The summed E-state index contributed by atoms with van der Waals surface area (Å²) in [5, 5.41) is 3.01. The van der Waals surface area contributed by atoms with E-state index in [1.807, 2.05) is 23.1 Å². The molecule has 1 aromatic heterocycles. The van der Waals surface area contributed by atoms with Gasteiger partial charge in [0.1, 0.15) is 0 Å². The van der Waals surface area contributed by atoms with Gasteiger partial charge in [0.15, 0.2) is 0 Å². The molecular weight excluding hydrogens is 280 g/mol. The summed E-state index contributed by atoms with van der Waals surface area (Å²) in [6.45, 7) is 6.20. The monoisotopic (exact) mass is 302 g/mol. The minimum absolute atomic E-state index is 0.00626. The fraction of sp³-hybridized carbons (Fsp3) is 0.353. The maximum absolute atomic E-state index is 12.3. The van der Waals surface area contributed by atoms with E-state index in [0.29, 0.717) is 13.1 Å². The summed E-state index contributed by atoms with van der Waals surface area (Å²) < 4.78 is 0. The van der Waals surface area contributed by atoms with E-state index in [-0.39, 0.29) is 6.03 Å². The standard InChI is InChI=1S/C17H22N2OS/c1-3-11-19(13-15-7-5-4-6-8-15)17(20)18-12-16-10-9-14(2)21-16/h4-10H,3,11-13H2,1-2H3,(H,18,20). The van der Waals surface area contributed by atoms with Crippen LogP contribution in [0.2, 0.25) is 0 Å². The Morgan fingerprint density at radius 1 is 1.19 bits per heavy atom. The Balaban J connectivity index is 1.92. The van der Waals surface area contributed by atoms with Gasteiger partial charge in [-0.2, -0.15) is 0 Å². The third kappa shape index (κ3) is 4.90. The van der Waals surface area contributed by atoms with E-state index in [0.717, 1.165) is 18.5 Å². The van der Waals surface area contributed by atoms with Crippen LogP contribution in [-0.4, -0.2) is 17.5 Å². The summed E-state index contributed by atoms with van der Waals surface area (Å²) in [6, 6.07) is 14.3. The first-order valence-corrected chi connectivity index (χ1v) is 8.12. The Morgan fingerprint density at radius 3 is 2.57 bits per heavy atom. The molecule has 112 valence electrons. The van der Waals surface area contributed by atoms with Crippen molar-refractivity contribution in [2.45, 2.75) is 33.4 Å². The summed E-state index contributed by atoms with van der Waals surface area (Å²) >= 11 is 1.73. The van der Waals surface area contributed by atoms with E-state index in [1.54, 1.807) is 11.3 Å². The van der Waals surface area contributed by atoms with Crippen molar-refractivity contribution in [3.63, 3.8) is 0 Å². The largest absolute Gasteiger partial charge is 0.333 e. The predicted molar refractivity (Wildman–Crippen MR) is 88.4 cm³/mol. The first kappa shape index (κ1) is 15.6. The molecule has 0 aliphatic rings. The lowest BCUT2D eigenvalue weighted by atomic mass is 10.2. The molecular formula is C17H22N2OS. The first-order valence-electron chi connectivity index (χ1n) is 7.31. The molecule has 3 nitrogen and oxygen atoms in total. The quantitative estimate of drug-likeness (QED) is 0.853. The van der Waals surface area contributed by atoms with Crippen LogP contribution in [0.3, 0.4) is 0 Å². The molecule has 2 amide bonds.